The van der Waals surface area contributed by atoms with Crippen molar-refractivity contribution in [3.8, 4) is 17.1 Å². The third-order valence-electron chi connectivity index (χ3n) is 3.75. The summed E-state index contributed by atoms with van der Waals surface area (Å²) in [4.78, 5) is 0. The SMILES string of the molecule is CC(C)Oc1cccc(-c2nnc(SCc3cccc(C(F)(F)F)c3)n2N)c1. The number of aromatic nitrogens is 3. The topological polar surface area (TPSA) is 66.0 Å². The number of rotatable bonds is 6. The van der Waals surface area contributed by atoms with Gasteiger partial charge < -0.3 is 10.6 Å². The average molecular weight is 408 g/mol. The van der Waals surface area contributed by atoms with Gasteiger partial charge in [0.1, 0.15) is 5.75 Å². The molecule has 1 heterocycles. The van der Waals surface area contributed by atoms with Gasteiger partial charge in [0.25, 0.3) is 0 Å². The Morgan fingerprint density at radius 3 is 2.57 bits per heavy atom. The number of hydrogen-bond donors (Lipinski definition) is 1. The van der Waals surface area contributed by atoms with Crippen LogP contribution in [0.25, 0.3) is 11.4 Å². The van der Waals surface area contributed by atoms with E-state index in [-0.39, 0.29) is 11.9 Å². The van der Waals surface area contributed by atoms with E-state index in [1.54, 1.807) is 6.07 Å². The largest absolute Gasteiger partial charge is 0.491 e. The molecule has 0 spiro atoms. The molecule has 2 N–H and O–H groups in total. The van der Waals surface area contributed by atoms with Crippen molar-refractivity contribution in [1.82, 2.24) is 14.9 Å². The molecule has 0 atom stereocenters. The Balaban J connectivity index is 1.75. The second kappa shape index (κ2) is 8.14. The van der Waals surface area contributed by atoms with Crippen LogP contribution in [-0.4, -0.2) is 21.0 Å². The van der Waals surface area contributed by atoms with Crippen LogP contribution in [-0.2, 0) is 11.9 Å². The first kappa shape index (κ1) is 20.1. The molecule has 5 nitrogen and oxygen atoms in total. The van der Waals surface area contributed by atoms with Crippen LogP contribution in [0.5, 0.6) is 5.75 Å². The molecule has 0 bridgehead atoms. The Morgan fingerprint density at radius 1 is 1.11 bits per heavy atom. The third-order valence-corrected chi connectivity index (χ3v) is 4.77. The lowest BCUT2D eigenvalue weighted by atomic mass is 10.1. The quantitative estimate of drug-likeness (QED) is 0.471. The van der Waals surface area contributed by atoms with E-state index in [1.807, 2.05) is 38.1 Å². The molecule has 0 unspecified atom stereocenters. The highest BCUT2D eigenvalue weighted by atomic mass is 32.2. The molecular weight excluding hydrogens is 389 g/mol. The van der Waals surface area contributed by atoms with Crippen LogP contribution < -0.4 is 10.6 Å². The van der Waals surface area contributed by atoms with Gasteiger partial charge >= 0.3 is 6.18 Å². The monoisotopic (exact) mass is 408 g/mol. The van der Waals surface area contributed by atoms with Gasteiger partial charge in [-0.25, -0.2) is 4.68 Å². The summed E-state index contributed by atoms with van der Waals surface area (Å²) in [5.41, 5.74) is 0.582. The lowest BCUT2D eigenvalue weighted by Crippen LogP contribution is -2.12. The lowest BCUT2D eigenvalue weighted by molar-refractivity contribution is -0.137. The highest BCUT2D eigenvalue weighted by Gasteiger charge is 2.30. The predicted octanol–water partition coefficient (Wildman–Crippen LogP) is 4.76. The normalized spacial score (nSPS) is 11.8. The van der Waals surface area contributed by atoms with Crippen LogP contribution in [0.3, 0.4) is 0 Å². The molecule has 1 aromatic heterocycles. The molecule has 0 saturated heterocycles. The van der Waals surface area contributed by atoms with Crippen molar-refractivity contribution < 1.29 is 17.9 Å². The fourth-order valence-electron chi connectivity index (χ4n) is 2.54. The van der Waals surface area contributed by atoms with Crippen LogP contribution >= 0.6 is 11.8 Å². The Morgan fingerprint density at radius 2 is 1.86 bits per heavy atom. The molecule has 0 radical (unpaired) electrons. The van der Waals surface area contributed by atoms with Crippen LogP contribution in [0.2, 0.25) is 0 Å². The summed E-state index contributed by atoms with van der Waals surface area (Å²) in [5.74, 6) is 7.52. The molecule has 0 aliphatic heterocycles. The van der Waals surface area contributed by atoms with Gasteiger partial charge in [0, 0.05) is 11.3 Å². The van der Waals surface area contributed by atoms with Crippen molar-refractivity contribution in [3.63, 3.8) is 0 Å². The standard InChI is InChI=1S/C19H19F3N4OS/c1-12(2)27-16-8-4-6-14(10-16)17-24-25-18(26(17)23)28-11-13-5-3-7-15(9-13)19(20,21)22/h3-10,12H,11,23H2,1-2H3. The molecule has 0 aliphatic rings. The molecule has 28 heavy (non-hydrogen) atoms. The molecular formula is C19H19F3N4OS. The second-order valence-corrected chi connectivity index (χ2v) is 7.30. The summed E-state index contributed by atoms with van der Waals surface area (Å²) in [6, 6.07) is 12.5. The Hall–Kier alpha value is -2.68. The zero-order valence-corrected chi connectivity index (χ0v) is 16.1. The zero-order chi connectivity index (χ0) is 20.3. The number of thioether (sulfide) groups is 1. The zero-order valence-electron chi connectivity index (χ0n) is 15.3. The van der Waals surface area contributed by atoms with Crippen LogP contribution in [0.1, 0.15) is 25.0 Å². The first-order chi connectivity index (χ1) is 13.2. The fraction of sp³-hybridized carbons (Fsp3) is 0.263. The summed E-state index contributed by atoms with van der Waals surface area (Å²) in [7, 11) is 0. The predicted molar refractivity (Wildman–Crippen MR) is 102 cm³/mol. The third kappa shape index (κ3) is 4.78. The number of nitrogen functional groups attached to an aromatic ring is 1. The lowest BCUT2D eigenvalue weighted by Gasteiger charge is -2.11. The molecule has 9 heteroatoms. The Kier molecular flexibility index (Phi) is 5.83. The minimum absolute atomic E-state index is 0.0320. The minimum Gasteiger partial charge on any atom is -0.491 e. The van der Waals surface area contributed by atoms with Crippen LogP contribution in [0, 0.1) is 0 Å². The highest BCUT2D eigenvalue weighted by Crippen LogP contribution is 2.31. The van der Waals surface area contributed by atoms with E-state index in [9.17, 15) is 13.2 Å². The maximum absolute atomic E-state index is 12.8. The molecule has 0 saturated carbocycles. The van der Waals surface area contributed by atoms with E-state index in [0.717, 1.165) is 17.7 Å². The van der Waals surface area contributed by atoms with E-state index in [0.29, 0.717) is 22.3 Å². The molecule has 3 rings (SSSR count). The summed E-state index contributed by atoms with van der Waals surface area (Å²) < 4.78 is 45.5. The highest BCUT2D eigenvalue weighted by molar-refractivity contribution is 7.98. The molecule has 2 aromatic carbocycles. The van der Waals surface area contributed by atoms with E-state index in [2.05, 4.69) is 10.2 Å². The first-order valence-corrected chi connectivity index (χ1v) is 9.49. The van der Waals surface area contributed by atoms with Gasteiger partial charge in [-0.3, -0.25) is 0 Å². The van der Waals surface area contributed by atoms with Crippen molar-refractivity contribution in [2.24, 2.45) is 0 Å². The van der Waals surface area contributed by atoms with E-state index >= 15 is 0 Å². The van der Waals surface area contributed by atoms with Gasteiger partial charge in [0.2, 0.25) is 5.16 Å². The van der Waals surface area contributed by atoms with Gasteiger partial charge in [-0.15, -0.1) is 10.2 Å². The van der Waals surface area contributed by atoms with Crippen molar-refractivity contribution in [1.29, 1.82) is 0 Å². The minimum atomic E-state index is -4.37. The fourth-order valence-corrected chi connectivity index (χ4v) is 3.34. The summed E-state index contributed by atoms with van der Waals surface area (Å²) in [6.07, 6.45) is -4.34. The van der Waals surface area contributed by atoms with Crippen molar-refractivity contribution in [2.75, 3.05) is 5.84 Å². The van der Waals surface area contributed by atoms with Gasteiger partial charge in [-0.05, 0) is 37.6 Å². The maximum atomic E-state index is 12.8. The maximum Gasteiger partial charge on any atom is 0.416 e. The van der Waals surface area contributed by atoms with Crippen molar-refractivity contribution >= 4 is 11.8 Å². The first-order valence-electron chi connectivity index (χ1n) is 8.50. The van der Waals surface area contributed by atoms with E-state index in [1.165, 1.54) is 22.5 Å². The van der Waals surface area contributed by atoms with Gasteiger partial charge in [0.05, 0.1) is 11.7 Å². The Labute approximate surface area is 164 Å². The van der Waals surface area contributed by atoms with E-state index < -0.39 is 11.7 Å². The van der Waals surface area contributed by atoms with Gasteiger partial charge in [-0.2, -0.15) is 13.2 Å². The number of nitrogens with two attached hydrogens (primary N) is 1. The number of hydrogen-bond acceptors (Lipinski definition) is 5. The van der Waals surface area contributed by atoms with Gasteiger partial charge in [0.15, 0.2) is 5.82 Å². The Bertz CT molecular complexity index is 956. The number of benzene rings is 2. The molecule has 0 aliphatic carbocycles. The van der Waals surface area contributed by atoms with Crippen molar-refractivity contribution in [3.05, 3.63) is 59.7 Å². The van der Waals surface area contributed by atoms with Crippen LogP contribution in [0.15, 0.2) is 53.7 Å². The van der Waals surface area contributed by atoms with Gasteiger partial charge in [-0.1, -0.05) is 42.1 Å². The summed E-state index contributed by atoms with van der Waals surface area (Å²) in [5, 5.41) is 8.57. The second-order valence-electron chi connectivity index (χ2n) is 6.36. The molecule has 3 aromatic rings. The number of alkyl halides is 3. The van der Waals surface area contributed by atoms with Crippen LogP contribution in [0.4, 0.5) is 13.2 Å². The molecule has 148 valence electrons. The summed E-state index contributed by atoms with van der Waals surface area (Å²) in [6.45, 7) is 3.86. The summed E-state index contributed by atoms with van der Waals surface area (Å²) >= 11 is 1.22. The molecule has 0 fully saturated rings. The van der Waals surface area contributed by atoms with Crippen molar-refractivity contribution in [2.45, 2.75) is 37.0 Å². The average Bonchev–Trinajstić information content (AvgIpc) is 3.00. The molecule has 0 amide bonds. The number of halogens is 3. The van der Waals surface area contributed by atoms with E-state index in [4.69, 9.17) is 10.6 Å². The smallest absolute Gasteiger partial charge is 0.416 e. The number of nitrogens with zero attached hydrogens (tertiary/aromatic N) is 3. The number of ether oxygens (including phenoxy) is 1.